The van der Waals surface area contributed by atoms with Gasteiger partial charge in [-0.15, -0.1) is 0 Å². The molecule has 0 radical (unpaired) electrons. The third-order valence-corrected chi connectivity index (χ3v) is 5.64. The van der Waals surface area contributed by atoms with E-state index in [-0.39, 0.29) is 24.2 Å². The number of rotatable bonds is 8. The summed E-state index contributed by atoms with van der Waals surface area (Å²) in [6.45, 7) is 5.02. The molecule has 1 fully saturated rings. The molecule has 0 saturated carbocycles. The van der Waals surface area contributed by atoms with Gasteiger partial charge in [0.15, 0.2) is 0 Å². The zero-order valence-corrected chi connectivity index (χ0v) is 16.3. The van der Waals surface area contributed by atoms with E-state index in [1.165, 1.54) is 5.06 Å². The lowest BCUT2D eigenvalue weighted by atomic mass is 9.77. The maximum atomic E-state index is 12.8. The normalized spacial score (nSPS) is 23.5. The van der Waals surface area contributed by atoms with Crippen molar-refractivity contribution in [3.63, 3.8) is 0 Å². The predicted molar refractivity (Wildman–Crippen MR) is 99.3 cm³/mol. The van der Waals surface area contributed by atoms with Gasteiger partial charge in [-0.3, -0.25) is 14.4 Å². The van der Waals surface area contributed by atoms with Gasteiger partial charge in [0.1, 0.15) is 6.61 Å². The molecule has 0 aliphatic carbocycles. The monoisotopic (exact) mass is 445 g/mol. The number of benzene rings is 1. The van der Waals surface area contributed by atoms with Crippen molar-refractivity contribution in [2.75, 3.05) is 17.6 Å². The van der Waals surface area contributed by atoms with Gasteiger partial charge in [0.2, 0.25) is 0 Å². The Kier molecular flexibility index (Phi) is 7.03. The van der Waals surface area contributed by atoms with Crippen molar-refractivity contribution in [3.05, 3.63) is 35.9 Å². The van der Waals surface area contributed by atoms with Gasteiger partial charge in [-0.1, -0.05) is 59.8 Å². The van der Waals surface area contributed by atoms with Crippen LogP contribution < -0.4 is 0 Å². The van der Waals surface area contributed by atoms with E-state index >= 15 is 0 Å². The van der Waals surface area contributed by atoms with E-state index in [1.54, 1.807) is 6.92 Å². The minimum atomic E-state index is -0.579. The van der Waals surface area contributed by atoms with Gasteiger partial charge >= 0.3 is 5.97 Å². The van der Waals surface area contributed by atoms with E-state index in [1.807, 2.05) is 37.3 Å². The Labute approximate surface area is 156 Å². The molecule has 0 aromatic heterocycles. The Morgan fingerprint density at radius 2 is 2.08 bits per heavy atom. The molecule has 132 valence electrons. The van der Waals surface area contributed by atoms with Crippen molar-refractivity contribution in [1.29, 1.82) is 0 Å². The van der Waals surface area contributed by atoms with Crippen LogP contribution in [-0.2, 0) is 25.8 Å². The molecule has 0 bridgehead atoms. The molecule has 1 amide bonds. The fourth-order valence-corrected chi connectivity index (χ4v) is 4.16. The fourth-order valence-electron chi connectivity index (χ4n) is 2.91. The summed E-state index contributed by atoms with van der Waals surface area (Å²) >= 11 is 2.30. The maximum Gasteiger partial charge on any atom is 0.305 e. The number of hydroxylamine groups is 2. The first-order valence-corrected chi connectivity index (χ1v) is 9.74. The summed E-state index contributed by atoms with van der Waals surface area (Å²) in [6, 6.07) is 9.78. The number of halogens is 1. The standard InChI is InChI=1S/C18H24INO4/c1-3-23-16(21)9-10-18(2)15(11-19)12-20(17(18)22)24-13-14-7-5-4-6-8-14/h4-8,15H,3,9-13H2,1-2H3/t15-,18+/m1/s1. The lowest BCUT2D eigenvalue weighted by Gasteiger charge is -2.26. The minimum Gasteiger partial charge on any atom is -0.466 e. The molecular formula is C18H24INO4. The van der Waals surface area contributed by atoms with Gasteiger partial charge in [0.05, 0.1) is 18.6 Å². The van der Waals surface area contributed by atoms with Crippen LogP contribution in [0.25, 0.3) is 0 Å². The third-order valence-electron chi connectivity index (χ3n) is 4.57. The molecule has 2 rings (SSSR count). The number of carbonyl (C=O) groups is 2. The molecule has 1 aromatic rings. The van der Waals surface area contributed by atoms with E-state index in [4.69, 9.17) is 9.57 Å². The summed E-state index contributed by atoms with van der Waals surface area (Å²) in [4.78, 5) is 30.2. The number of hydrogen-bond acceptors (Lipinski definition) is 4. The van der Waals surface area contributed by atoms with Crippen LogP contribution in [0.4, 0.5) is 0 Å². The van der Waals surface area contributed by atoms with Crippen molar-refractivity contribution >= 4 is 34.5 Å². The van der Waals surface area contributed by atoms with Crippen molar-refractivity contribution in [2.45, 2.75) is 33.3 Å². The Hall–Kier alpha value is -1.15. The molecule has 1 heterocycles. The molecule has 0 N–H and O–H groups in total. The first-order chi connectivity index (χ1) is 11.5. The van der Waals surface area contributed by atoms with Crippen LogP contribution >= 0.6 is 22.6 Å². The average Bonchev–Trinajstić information content (AvgIpc) is 2.84. The zero-order chi connectivity index (χ0) is 17.6. The van der Waals surface area contributed by atoms with E-state index in [0.717, 1.165) is 9.99 Å². The summed E-state index contributed by atoms with van der Waals surface area (Å²) in [7, 11) is 0. The minimum absolute atomic E-state index is 0.0376. The highest BCUT2D eigenvalue weighted by atomic mass is 127. The summed E-state index contributed by atoms with van der Waals surface area (Å²) in [6.07, 6.45) is 0.749. The van der Waals surface area contributed by atoms with Gasteiger partial charge in [-0.2, -0.15) is 0 Å². The Balaban J connectivity index is 1.98. The number of ether oxygens (including phenoxy) is 1. The molecule has 1 aliphatic heterocycles. The molecule has 0 unspecified atom stereocenters. The highest BCUT2D eigenvalue weighted by molar-refractivity contribution is 14.1. The van der Waals surface area contributed by atoms with E-state index in [2.05, 4.69) is 22.6 Å². The molecule has 5 nitrogen and oxygen atoms in total. The number of hydrogen-bond donors (Lipinski definition) is 0. The Bertz CT molecular complexity index is 565. The van der Waals surface area contributed by atoms with Gasteiger partial charge in [-0.05, 0) is 18.9 Å². The second kappa shape index (κ2) is 8.80. The molecular weight excluding hydrogens is 421 g/mol. The number of carbonyl (C=O) groups excluding carboxylic acids is 2. The van der Waals surface area contributed by atoms with Crippen LogP contribution in [-0.4, -0.2) is 34.5 Å². The van der Waals surface area contributed by atoms with Crippen LogP contribution in [0.15, 0.2) is 30.3 Å². The molecule has 1 aromatic carbocycles. The number of esters is 1. The lowest BCUT2D eigenvalue weighted by Crippen LogP contribution is -2.35. The van der Waals surface area contributed by atoms with E-state index < -0.39 is 5.41 Å². The van der Waals surface area contributed by atoms with Gasteiger partial charge in [0.25, 0.3) is 5.91 Å². The first-order valence-electron chi connectivity index (χ1n) is 8.21. The molecule has 0 spiro atoms. The van der Waals surface area contributed by atoms with Crippen molar-refractivity contribution in [3.8, 4) is 0 Å². The quantitative estimate of drug-likeness (QED) is 0.350. The second-order valence-electron chi connectivity index (χ2n) is 6.20. The van der Waals surface area contributed by atoms with Crippen LogP contribution in [0.1, 0.15) is 32.3 Å². The third kappa shape index (κ3) is 4.47. The summed E-state index contributed by atoms with van der Waals surface area (Å²) < 4.78 is 5.83. The Morgan fingerprint density at radius 3 is 2.71 bits per heavy atom. The molecule has 1 aliphatic rings. The van der Waals surface area contributed by atoms with Crippen molar-refractivity contribution < 1.29 is 19.2 Å². The number of nitrogens with zero attached hydrogens (tertiary/aromatic N) is 1. The van der Waals surface area contributed by atoms with Crippen molar-refractivity contribution in [2.24, 2.45) is 11.3 Å². The fraction of sp³-hybridized carbons (Fsp3) is 0.556. The highest BCUT2D eigenvalue weighted by Crippen LogP contribution is 2.42. The first kappa shape index (κ1) is 19.2. The van der Waals surface area contributed by atoms with E-state index in [9.17, 15) is 9.59 Å². The molecule has 24 heavy (non-hydrogen) atoms. The smallest absolute Gasteiger partial charge is 0.305 e. The van der Waals surface area contributed by atoms with E-state index in [0.29, 0.717) is 26.2 Å². The Morgan fingerprint density at radius 1 is 1.38 bits per heavy atom. The van der Waals surface area contributed by atoms with Gasteiger partial charge in [-0.25, -0.2) is 5.06 Å². The average molecular weight is 445 g/mol. The molecule has 2 atom stereocenters. The summed E-state index contributed by atoms with van der Waals surface area (Å²) in [5, 5.41) is 1.47. The lowest BCUT2D eigenvalue weighted by molar-refractivity contribution is -0.187. The van der Waals surface area contributed by atoms with Crippen LogP contribution in [0.2, 0.25) is 0 Å². The van der Waals surface area contributed by atoms with Crippen molar-refractivity contribution in [1.82, 2.24) is 5.06 Å². The van der Waals surface area contributed by atoms with Gasteiger partial charge in [0, 0.05) is 16.8 Å². The number of amides is 1. The molecule has 1 saturated heterocycles. The number of alkyl halides is 1. The zero-order valence-electron chi connectivity index (χ0n) is 14.2. The largest absolute Gasteiger partial charge is 0.466 e. The van der Waals surface area contributed by atoms with Gasteiger partial charge < -0.3 is 4.74 Å². The predicted octanol–water partition coefficient (Wildman–Crippen LogP) is 3.36. The molecule has 6 heteroatoms. The SMILES string of the molecule is CCOC(=O)CC[C@]1(C)C(=O)N(OCc2ccccc2)C[C@H]1CI. The topological polar surface area (TPSA) is 55.8 Å². The maximum absolute atomic E-state index is 12.8. The highest BCUT2D eigenvalue weighted by Gasteiger charge is 2.50. The van der Waals surface area contributed by atoms with Crippen LogP contribution in [0.5, 0.6) is 0 Å². The second-order valence-corrected chi connectivity index (χ2v) is 7.08. The summed E-state index contributed by atoms with van der Waals surface area (Å²) in [5.41, 5.74) is 0.446. The van der Waals surface area contributed by atoms with Crippen LogP contribution in [0, 0.1) is 11.3 Å². The summed E-state index contributed by atoms with van der Waals surface area (Å²) in [5.74, 6) is -0.123. The van der Waals surface area contributed by atoms with Crippen LogP contribution in [0.3, 0.4) is 0 Å².